The van der Waals surface area contributed by atoms with E-state index >= 15 is 0 Å². The lowest BCUT2D eigenvalue weighted by molar-refractivity contribution is 0.533. The van der Waals surface area contributed by atoms with E-state index in [4.69, 9.17) is 4.42 Å². The zero-order valence-electron chi connectivity index (χ0n) is 10.9. The number of nitrogens with one attached hydrogen (secondary N) is 1. The van der Waals surface area contributed by atoms with Gasteiger partial charge in [-0.05, 0) is 36.8 Å². The molecule has 0 amide bonds. The Hall–Kier alpha value is -2.29. The van der Waals surface area contributed by atoms with Crippen LogP contribution in [0.5, 0.6) is 0 Å². The van der Waals surface area contributed by atoms with Crippen molar-refractivity contribution >= 4 is 16.8 Å². The van der Waals surface area contributed by atoms with E-state index < -0.39 is 0 Å². The lowest BCUT2D eigenvalue weighted by Crippen LogP contribution is -2.04. The first-order chi connectivity index (χ1) is 9.31. The number of hydrogen-bond acceptors (Lipinski definition) is 3. The molecular formula is C16H16N2O. The number of aryl methyl sites for hydroxylation is 1. The molecule has 0 radical (unpaired) electrons. The van der Waals surface area contributed by atoms with Crippen LogP contribution in [-0.2, 0) is 6.42 Å². The molecule has 0 bridgehead atoms. The average Bonchev–Trinajstić information content (AvgIpc) is 2.82. The largest absolute Gasteiger partial charge is 0.441 e. The second-order valence-corrected chi connectivity index (χ2v) is 4.62. The zero-order valence-corrected chi connectivity index (χ0v) is 10.9. The van der Waals surface area contributed by atoms with E-state index in [9.17, 15) is 0 Å². The minimum Gasteiger partial charge on any atom is -0.441 e. The summed E-state index contributed by atoms with van der Waals surface area (Å²) in [6.07, 6.45) is 0.780. The molecule has 0 aliphatic carbocycles. The lowest BCUT2D eigenvalue weighted by Gasteiger charge is -2.03. The summed E-state index contributed by atoms with van der Waals surface area (Å²) in [4.78, 5) is 4.48. The van der Waals surface area contributed by atoms with Gasteiger partial charge in [0.05, 0.1) is 0 Å². The molecule has 0 fully saturated rings. The molecule has 0 saturated heterocycles. The van der Waals surface area contributed by atoms with E-state index in [0.717, 1.165) is 35.6 Å². The van der Waals surface area contributed by atoms with Gasteiger partial charge in [-0.25, -0.2) is 4.98 Å². The number of hydrogen-bond donors (Lipinski definition) is 1. The predicted molar refractivity (Wildman–Crippen MR) is 77.4 cm³/mol. The summed E-state index contributed by atoms with van der Waals surface area (Å²) in [5.41, 5.74) is 4.11. The average molecular weight is 252 g/mol. The minimum atomic E-state index is 0.780. The van der Waals surface area contributed by atoms with Crippen molar-refractivity contribution in [3.05, 3.63) is 60.0 Å². The SMILES string of the molecule is Cc1ccc2nc(CCNc3ccccc3)oc2c1. The first-order valence-electron chi connectivity index (χ1n) is 6.46. The first kappa shape index (κ1) is 11.8. The maximum atomic E-state index is 5.74. The fourth-order valence-corrected chi connectivity index (χ4v) is 2.06. The molecule has 1 heterocycles. The summed E-state index contributed by atoms with van der Waals surface area (Å²) in [6, 6.07) is 16.2. The molecule has 0 atom stereocenters. The molecule has 3 rings (SSSR count). The fourth-order valence-electron chi connectivity index (χ4n) is 2.06. The molecule has 3 aromatic rings. The fraction of sp³-hybridized carbons (Fsp3) is 0.188. The second kappa shape index (κ2) is 5.14. The van der Waals surface area contributed by atoms with Crippen molar-refractivity contribution in [3.63, 3.8) is 0 Å². The second-order valence-electron chi connectivity index (χ2n) is 4.62. The number of fused-ring (bicyclic) bond motifs is 1. The van der Waals surface area contributed by atoms with Gasteiger partial charge in [0.1, 0.15) is 5.52 Å². The van der Waals surface area contributed by atoms with E-state index in [2.05, 4.69) is 35.4 Å². The number of para-hydroxylation sites is 1. The molecule has 0 aliphatic heterocycles. The van der Waals surface area contributed by atoms with Crippen molar-refractivity contribution < 1.29 is 4.42 Å². The molecule has 96 valence electrons. The van der Waals surface area contributed by atoms with Gasteiger partial charge in [0.2, 0.25) is 0 Å². The Bertz CT molecular complexity index is 674. The van der Waals surface area contributed by atoms with Crippen LogP contribution in [0.4, 0.5) is 5.69 Å². The van der Waals surface area contributed by atoms with Crippen LogP contribution in [0.3, 0.4) is 0 Å². The molecule has 3 heteroatoms. The standard InChI is InChI=1S/C16H16N2O/c1-12-7-8-14-15(11-12)19-16(18-14)9-10-17-13-5-3-2-4-6-13/h2-8,11,17H,9-10H2,1H3. The number of oxazole rings is 1. The molecule has 0 unspecified atom stereocenters. The predicted octanol–water partition coefficient (Wildman–Crippen LogP) is 3.79. The molecule has 0 aliphatic rings. The Kier molecular flexibility index (Phi) is 3.19. The van der Waals surface area contributed by atoms with Crippen LogP contribution in [0.15, 0.2) is 52.9 Å². The topological polar surface area (TPSA) is 38.1 Å². The third-order valence-corrected chi connectivity index (χ3v) is 3.03. The van der Waals surface area contributed by atoms with E-state index in [-0.39, 0.29) is 0 Å². The van der Waals surface area contributed by atoms with Crippen LogP contribution in [0.25, 0.3) is 11.1 Å². The Morgan fingerprint density at radius 2 is 1.95 bits per heavy atom. The van der Waals surface area contributed by atoms with Crippen molar-refractivity contribution in [2.45, 2.75) is 13.3 Å². The van der Waals surface area contributed by atoms with Crippen LogP contribution in [0.1, 0.15) is 11.5 Å². The quantitative estimate of drug-likeness (QED) is 0.767. The molecule has 1 aromatic heterocycles. The Labute approximate surface area is 112 Å². The van der Waals surface area contributed by atoms with Gasteiger partial charge in [0.25, 0.3) is 0 Å². The van der Waals surface area contributed by atoms with Gasteiger partial charge in [-0.1, -0.05) is 24.3 Å². The third kappa shape index (κ3) is 2.76. The molecule has 0 spiro atoms. The summed E-state index contributed by atoms with van der Waals surface area (Å²) in [7, 11) is 0. The van der Waals surface area contributed by atoms with Gasteiger partial charge in [0.15, 0.2) is 11.5 Å². The lowest BCUT2D eigenvalue weighted by atomic mass is 10.2. The number of rotatable bonds is 4. The van der Waals surface area contributed by atoms with Crippen LogP contribution in [0, 0.1) is 6.92 Å². The highest BCUT2D eigenvalue weighted by atomic mass is 16.3. The van der Waals surface area contributed by atoms with Crippen LogP contribution in [0.2, 0.25) is 0 Å². The maximum absolute atomic E-state index is 5.74. The molecule has 1 N–H and O–H groups in total. The first-order valence-corrected chi connectivity index (χ1v) is 6.46. The smallest absolute Gasteiger partial charge is 0.197 e. The summed E-state index contributed by atoms with van der Waals surface area (Å²) in [5.74, 6) is 0.782. The van der Waals surface area contributed by atoms with Gasteiger partial charge in [0, 0.05) is 18.7 Å². The van der Waals surface area contributed by atoms with Crippen molar-refractivity contribution in [2.24, 2.45) is 0 Å². The van der Waals surface area contributed by atoms with Gasteiger partial charge in [-0.15, -0.1) is 0 Å². The van der Waals surface area contributed by atoms with Crippen molar-refractivity contribution in [2.75, 3.05) is 11.9 Å². The Balaban J connectivity index is 1.65. The number of anilines is 1. The number of nitrogens with zero attached hydrogens (tertiary/aromatic N) is 1. The molecule has 0 saturated carbocycles. The van der Waals surface area contributed by atoms with E-state index in [0.29, 0.717) is 0 Å². The minimum absolute atomic E-state index is 0.780. The number of aromatic nitrogens is 1. The van der Waals surface area contributed by atoms with Gasteiger partial charge in [-0.3, -0.25) is 0 Å². The normalized spacial score (nSPS) is 10.8. The Morgan fingerprint density at radius 1 is 1.11 bits per heavy atom. The highest BCUT2D eigenvalue weighted by Crippen LogP contribution is 2.17. The molecule has 2 aromatic carbocycles. The summed E-state index contributed by atoms with van der Waals surface area (Å²) < 4.78 is 5.74. The highest BCUT2D eigenvalue weighted by molar-refractivity contribution is 5.73. The van der Waals surface area contributed by atoms with Crippen molar-refractivity contribution in [1.29, 1.82) is 0 Å². The summed E-state index contributed by atoms with van der Waals surface area (Å²) in [5, 5.41) is 3.35. The van der Waals surface area contributed by atoms with Crippen LogP contribution < -0.4 is 5.32 Å². The number of benzene rings is 2. The van der Waals surface area contributed by atoms with E-state index in [1.54, 1.807) is 0 Å². The third-order valence-electron chi connectivity index (χ3n) is 3.03. The maximum Gasteiger partial charge on any atom is 0.197 e. The van der Waals surface area contributed by atoms with Gasteiger partial charge in [-0.2, -0.15) is 0 Å². The summed E-state index contributed by atoms with van der Waals surface area (Å²) >= 11 is 0. The van der Waals surface area contributed by atoms with E-state index in [1.165, 1.54) is 5.56 Å². The van der Waals surface area contributed by atoms with Crippen molar-refractivity contribution in [1.82, 2.24) is 4.98 Å². The molecule has 19 heavy (non-hydrogen) atoms. The van der Waals surface area contributed by atoms with Crippen LogP contribution >= 0.6 is 0 Å². The zero-order chi connectivity index (χ0) is 13.1. The van der Waals surface area contributed by atoms with Gasteiger partial charge >= 0.3 is 0 Å². The van der Waals surface area contributed by atoms with Crippen molar-refractivity contribution in [3.8, 4) is 0 Å². The molecule has 3 nitrogen and oxygen atoms in total. The summed E-state index contributed by atoms with van der Waals surface area (Å²) in [6.45, 7) is 2.87. The van der Waals surface area contributed by atoms with E-state index in [1.807, 2.05) is 30.3 Å². The Morgan fingerprint density at radius 3 is 2.79 bits per heavy atom. The van der Waals surface area contributed by atoms with Crippen LogP contribution in [-0.4, -0.2) is 11.5 Å². The molecular weight excluding hydrogens is 236 g/mol. The monoisotopic (exact) mass is 252 g/mol. The highest BCUT2D eigenvalue weighted by Gasteiger charge is 2.05. The van der Waals surface area contributed by atoms with Gasteiger partial charge < -0.3 is 9.73 Å².